The maximum atomic E-state index is 13.1. The Bertz CT molecular complexity index is 578. The first-order valence-corrected chi connectivity index (χ1v) is 7.43. The molecule has 0 aliphatic heterocycles. The Morgan fingerprint density at radius 1 is 1.16 bits per heavy atom. The second-order valence-corrected chi connectivity index (χ2v) is 6.30. The van der Waals surface area contributed by atoms with E-state index in [4.69, 9.17) is 0 Å². The van der Waals surface area contributed by atoms with Gasteiger partial charge in [-0.2, -0.15) is 0 Å². The molecule has 0 spiro atoms. The first-order valence-electron chi connectivity index (χ1n) is 5.85. The molecule has 1 N–H and O–H groups in total. The van der Waals surface area contributed by atoms with Gasteiger partial charge in [0.25, 0.3) is 0 Å². The molecule has 100 valence electrons. The van der Waals surface area contributed by atoms with E-state index in [0.29, 0.717) is 10.9 Å². The van der Waals surface area contributed by atoms with Crippen LogP contribution in [-0.2, 0) is 6.42 Å². The lowest BCUT2D eigenvalue weighted by molar-refractivity contribution is 0.178. The van der Waals surface area contributed by atoms with Gasteiger partial charge in [-0.05, 0) is 63.8 Å². The van der Waals surface area contributed by atoms with Crippen LogP contribution in [0.15, 0.2) is 45.3 Å². The minimum Gasteiger partial charge on any atom is -0.388 e. The summed E-state index contributed by atoms with van der Waals surface area (Å²) in [6.07, 6.45) is -0.150. The number of aliphatic hydroxyl groups excluding tert-OH is 1. The van der Waals surface area contributed by atoms with Crippen LogP contribution in [0.5, 0.6) is 0 Å². The SMILES string of the molecule is Cc1cc(Br)cc(C(O)Cc2ccc(F)c(Br)c2)c1. The number of hydrogen-bond donors (Lipinski definition) is 1. The second kappa shape index (κ2) is 6.16. The van der Waals surface area contributed by atoms with Crippen LogP contribution in [0.2, 0.25) is 0 Å². The van der Waals surface area contributed by atoms with Crippen molar-refractivity contribution >= 4 is 31.9 Å². The Labute approximate surface area is 128 Å². The molecule has 0 radical (unpaired) electrons. The summed E-state index contributed by atoms with van der Waals surface area (Å²) in [5, 5.41) is 10.3. The third kappa shape index (κ3) is 3.88. The molecule has 1 atom stereocenters. The Morgan fingerprint density at radius 3 is 2.53 bits per heavy atom. The molecule has 0 aromatic heterocycles. The predicted molar refractivity (Wildman–Crippen MR) is 81.6 cm³/mol. The fourth-order valence-corrected chi connectivity index (χ4v) is 3.02. The average Bonchev–Trinajstić information content (AvgIpc) is 2.32. The van der Waals surface area contributed by atoms with Gasteiger partial charge in [-0.25, -0.2) is 4.39 Å². The van der Waals surface area contributed by atoms with Gasteiger partial charge < -0.3 is 5.11 Å². The summed E-state index contributed by atoms with van der Waals surface area (Å²) in [7, 11) is 0. The molecule has 0 saturated carbocycles. The number of rotatable bonds is 3. The van der Waals surface area contributed by atoms with E-state index in [9.17, 15) is 9.50 Å². The van der Waals surface area contributed by atoms with E-state index < -0.39 is 6.10 Å². The first kappa shape index (κ1) is 14.7. The quantitative estimate of drug-likeness (QED) is 0.791. The van der Waals surface area contributed by atoms with Gasteiger partial charge in [0.15, 0.2) is 0 Å². The molecule has 0 amide bonds. The van der Waals surface area contributed by atoms with Crippen LogP contribution < -0.4 is 0 Å². The van der Waals surface area contributed by atoms with Gasteiger partial charge >= 0.3 is 0 Å². The van der Waals surface area contributed by atoms with E-state index in [-0.39, 0.29) is 5.82 Å². The van der Waals surface area contributed by atoms with Crippen LogP contribution in [0, 0.1) is 12.7 Å². The second-order valence-electron chi connectivity index (χ2n) is 4.53. The molecule has 1 unspecified atom stereocenters. The molecule has 0 fully saturated rings. The highest BCUT2D eigenvalue weighted by atomic mass is 79.9. The van der Waals surface area contributed by atoms with Gasteiger partial charge in [0, 0.05) is 10.9 Å². The zero-order valence-corrected chi connectivity index (χ0v) is 13.5. The number of benzene rings is 2. The van der Waals surface area contributed by atoms with Crippen LogP contribution in [-0.4, -0.2) is 5.11 Å². The summed E-state index contributed by atoms with van der Waals surface area (Å²) in [4.78, 5) is 0. The van der Waals surface area contributed by atoms with Crippen molar-refractivity contribution in [3.8, 4) is 0 Å². The zero-order chi connectivity index (χ0) is 14.0. The molecule has 2 rings (SSSR count). The maximum Gasteiger partial charge on any atom is 0.137 e. The molecule has 0 bridgehead atoms. The smallest absolute Gasteiger partial charge is 0.137 e. The standard InChI is InChI=1S/C15H13Br2FO/c1-9-4-11(8-12(16)5-9)15(19)7-10-2-3-14(18)13(17)6-10/h2-6,8,15,19H,7H2,1H3. The van der Waals surface area contributed by atoms with Crippen LogP contribution >= 0.6 is 31.9 Å². The van der Waals surface area contributed by atoms with Gasteiger partial charge in [0.1, 0.15) is 5.82 Å². The normalized spacial score (nSPS) is 12.5. The Balaban J connectivity index is 2.20. The molecule has 1 nitrogen and oxygen atoms in total. The average molecular weight is 388 g/mol. The monoisotopic (exact) mass is 386 g/mol. The van der Waals surface area contributed by atoms with E-state index in [0.717, 1.165) is 21.2 Å². The summed E-state index contributed by atoms with van der Waals surface area (Å²) < 4.78 is 14.5. The summed E-state index contributed by atoms with van der Waals surface area (Å²) in [5.74, 6) is -0.295. The van der Waals surface area contributed by atoms with Crippen molar-refractivity contribution in [2.45, 2.75) is 19.4 Å². The van der Waals surface area contributed by atoms with Crippen molar-refractivity contribution in [3.63, 3.8) is 0 Å². The van der Waals surface area contributed by atoms with E-state index in [2.05, 4.69) is 31.9 Å². The number of aliphatic hydroxyl groups is 1. The molecule has 0 heterocycles. The molecular weight excluding hydrogens is 375 g/mol. The molecule has 0 saturated heterocycles. The molecule has 2 aromatic rings. The summed E-state index contributed by atoms with van der Waals surface area (Å²) in [5.41, 5.74) is 2.83. The predicted octanol–water partition coefficient (Wildman–Crippen LogP) is 4.94. The van der Waals surface area contributed by atoms with E-state index in [1.54, 1.807) is 12.1 Å². The summed E-state index contributed by atoms with van der Waals surface area (Å²) >= 11 is 6.57. The van der Waals surface area contributed by atoms with Gasteiger partial charge in [-0.1, -0.05) is 28.1 Å². The van der Waals surface area contributed by atoms with Crippen molar-refractivity contribution < 1.29 is 9.50 Å². The zero-order valence-electron chi connectivity index (χ0n) is 10.3. The molecule has 0 aliphatic rings. The minimum absolute atomic E-state index is 0.295. The third-order valence-electron chi connectivity index (χ3n) is 2.86. The fraction of sp³-hybridized carbons (Fsp3) is 0.200. The Kier molecular flexibility index (Phi) is 4.76. The van der Waals surface area contributed by atoms with Gasteiger partial charge in [-0.15, -0.1) is 0 Å². The molecule has 2 aromatic carbocycles. The molecular formula is C15H13Br2FO. The van der Waals surface area contributed by atoms with Crippen molar-refractivity contribution in [2.24, 2.45) is 0 Å². The lowest BCUT2D eigenvalue weighted by Crippen LogP contribution is -2.02. The molecule has 0 aliphatic carbocycles. The van der Waals surface area contributed by atoms with Crippen LogP contribution in [0.1, 0.15) is 22.8 Å². The van der Waals surface area contributed by atoms with E-state index >= 15 is 0 Å². The fourth-order valence-electron chi connectivity index (χ4n) is 1.96. The highest BCUT2D eigenvalue weighted by Gasteiger charge is 2.11. The lowest BCUT2D eigenvalue weighted by Gasteiger charge is -2.13. The van der Waals surface area contributed by atoms with Crippen LogP contribution in [0.25, 0.3) is 0 Å². The first-order chi connectivity index (χ1) is 8.95. The van der Waals surface area contributed by atoms with E-state index in [1.165, 1.54) is 6.07 Å². The third-order valence-corrected chi connectivity index (χ3v) is 3.93. The van der Waals surface area contributed by atoms with Gasteiger partial charge in [-0.3, -0.25) is 0 Å². The van der Waals surface area contributed by atoms with Crippen LogP contribution in [0.3, 0.4) is 0 Å². The van der Waals surface area contributed by atoms with Crippen molar-refractivity contribution in [1.29, 1.82) is 0 Å². The van der Waals surface area contributed by atoms with Crippen molar-refractivity contribution in [1.82, 2.24) is 0 Å². The topological polar surface area (TPSA) is 20.2 Å². The summed E-state index contributed by atoms with van der Waals surface area (Å²) in [6.45, 7) is 1.98. The Morgan fingerprint density at radius 2 is 1.89 bits per heavy atom. The van der Waals surface area contributed by atoms with Crippen molar-refractivity contribution in [3.05, 3.63) is 67.9 Å². The maximum absolute atomic E-state index is 13.1. The minimum atomic E-state index is -0.603. The van der Waals surface area contributed by atoms with Gasteiger partial charge in [0.2, 0.25) is 0 Å². The van der Waals surface area contributed by atoms with Gasteiger partial charge in [0.05, 0.1) is 10.6 Å². The number of aryl methyl sites for hydroxylation is 1. The largest absolute Gasteiger partial charge is 0.388 e. The molecule has 19 heavy (non-hydrogen) atoms. The Hall–Kier alpha value is -0.710. The van der Waals surface area contributed by atoms with Crippen LogP contribution in [0.4, 0.5) is 4.39 Å². The lowest BCUT2D eigenvalue weighted by atomic mass is 10.00. The van der Waals surface area contributed by atoms with E-state index in [1.807, 2.05) is 25.1 Å². The summed E-state index contributed by atoms with van der Waals surface area (Å²) in [6, 6.07) is 10.6. The number of hydrogen-bond acceptors (Lipinski definition) is 1. The highest BCUT2D eigenvalue weighted by molar-refractivity contribution is 9.10. The van der Waals surface area contributed by atoms with Crippen molar-refractivity contribution in [2.75, 3.05) is 0 Å². The number of halogens is 3. The highest BCUT2D eigenvalue weighted by Crippen LogP contribution is 2.25. The molecule has 4 heteroatoms.